The molecule has 2 atom stereocenters. The number of halogens is 1. The van der Waals surface area contributed by atoms with E-state index in [1.165, 1.54) is 36.4 Å². The van der Waals surface area contributed by atoms with Crippen LogP contribution in [0.1, 0.15) is 23.7 Å². The van der Waals surface area contributed by atoms with Gasteiger partial charge in [0.05, 0.1) is 4.90 Å². The summed E-state index contributed by atoms with van der Waals surface area (Å²) in [4.78, 5) is 23.9. The number of carbonyl (C=O) groups is 2. The Labute approximate surface area is 162 Å². The van der Waals surface area contributed by atoms with E-state index in [1.54, 1.807) is 12.1 Å². The zero-order valence-corrected chi connectivity index (χ0v) is 16.0. The molecule has 142 valence electrons. The second-order valence-corrected chi connectivity index (χ2v) is 8.52. The molecule has 2 amide bonds. The zero-order valence-electron chi connectivity index (χ0n) is 14.4. The summed E-state index contributed by atoms with van der Waals surface area (Å²) >= 11 is 5.79. The number of anilines is 1. The molecule has 0 aromatic heterocycles. The van der Waals surface area contributed by atoms with Gasteiger partial charge in [-0.1, -0.05) is 24.6 Å². The van der Waals surface area contributed by atoms with Crippen molar-refractivity contribution >= 4 is 39.1 Å². The minimum atomic E-state index is -3.88. The fourth-order valence-electron chi connectivity index (χ4n) is 2.51. The van der Waals surface area contributed by atoms with Crippen molar-refractivity contribution in [1.29, 1.82) is 0 Å². The van der Waals surface area contributed by atoms with Crippen LogP contribution < -0.4 is 15.6 Å². The second-order valence-electron chi connectivity index (χ2n) is 6.40. The van der Waals surface area contributed by atoms with Crippen molar-refractivity contribution in [2.45, 2.75) is 18.2 Å². The van der Waals surface area contributed by atoms with E-state index in [0.29, 0.717) is 16.6 Å². The molecule has 0 spiro atoms. The highest BCUT2D eigenvalue weighted by Gasteiger charge is 2.39. The lowest BCUT2D eigenvalue weighted by Gasteiger charge is -2.10. The molecule has 3 N–H and O–H groups in total. The van der Waals surface area contributed by atoms with Crippen molar-refractivity contribution < 1.29 is 18.0 Å². The highest BCUT2D eigenvalue weighted by atomic mass is 35.5. The lowest BCUT2D eigenvalue weighted by atomic mass is 10.2. The number of amides is 2. The molecule has 27 heavy (non-hydrogen) atoms. The topological polar surface area (TPSA) is 104 Å². The van der Waals surface area contributed by atoms with Crippen LogP contribution in [0.5, 0.6) is 0 Å². The fraction of sp³-hybridized carbons (Fsp3) is 0.222. The summed E-state index contributed by atoms with van der Waals surface area (Å²) in [6.07, 6.45) is 0.797. The fourth-order valence-corrected chi connectivity index (χ4v) is 3.74. The highest BCUT2D eigenvalue weighted by molar-refractivity contribution is 7.92. The van der Waals surface area contributed by atoms with Crippen molar-refractivity contribution in [3.05, 3.63) is 59.1 Å². The molecule has 1 aliphatic rings. The van der Waals surface area contributed by atoms with E-state index in [4.69, 9.17) is 11.6 Å². The Morgan fingerprint density at radius 3 is 2.37 bits per heavy atom. The molecule has 0 radical (unpaired) electrons. The molecule has 0 heterocycles. The Morgan fingerprint density at radius 2 is 1.74 bits per heavy atom. The molecule has 0 aliphatic heterocycles. The number of rotatable bonds is 5. The number of hydrazine groups is 1. The van der Waals surface area contributed by atoms with E-state index in [9.17, 15) is 18.0 Å². The summed E-state index contributed by atoms with van der Waals surface area (Å²) in [5.41, 5.74) is 5.12. The third-order valence-electron chi connectivity index (χ3n) is 4.25. The van der Waals surface area contributed by atoms with Gasteiger partial charge in [-0.05, 0) is 54.8 Å². The molecular formula is C18H18ClN3O4S. The van der Waals surface area contributed by atoms with Crippen LogP contribution in [0.4, 0.5) is 5.69 Å². The second kappa shape index (κ2) is 7.58. The SMILES string of the molecule is C[C@H]1C[C@@H]1C(=O)NNC(=O)c1cccc(S(=O)(=O)Nc2ccc(Cl)cc2)c1. The van der Waals surface area contributed by atoms with Crippen LogP contribution in [0, 0.1) is 11.8 Å². The summed E-state index contributed by atoms with van der Waals surface area (Å²) in [5.74, 6) is -0.612. The molecule has 3 rings (SSSR count). The Bertz CT molecular complexity index is 976. The van der Waals surface area contributed by atoms with Gasteiger partial charge in [-0.15, -0.1) is 0 Å². The molecule has 1 saturated carbocycles. The lowest BCUT2D eigenvalue weighted by molar-refractivity contribution is -0.123. The van der Waals surface area contributed by atoms with E-state index in [0.717, 1.165) is 6.42 Å². The first-order chi connectivity index (χ1) is 12.8. The highest BCUT2D eigenvalue weighted by Crippen LogP contribution is 2.37. The maximum atomic E-state index is 12.5. The maximum Gasteiger partial charge on any atom is 0.269 e. The minimum Gasteiger partial charge on any atom is -0.280 e. The van der Waals surface area contributed by atoms with Gasteiger partial charge in [0, 0.05) is 22.2 Å². The van der Waals surface area contributed by atoms with Crippen LogP contribution in [0.2, 0.25) is 5.02 Å². The standard InChI is InChI=1S/C18H18ClN3O4S/c1-11-9-16(11)18(24)21-20-17(23)12-3-2-4-15(10-12)27(25,26)22-14-7-5-13(19)6-8-14/h2-8,10-11,16,22H,9H2,1H3,(H,20,23)(H,21,24)/t11-,16-/m0/s1. The summed E-state index contributed by atoms with van der Waals surface area (Å²) in [7, 11) is -3.88. The average Bonchev–Trinajstić information content (AvgIpc) is 3.38. The van der Waals surface area contributed by atoms with Gasteiger partial charge in [-0.3, -0.25) is 25.2 Å². The monoisotopic (exact) mass is 407 g/mol. The molecule has 9 heteroatoms. The number of benzene rings is 2. The first-order valence-electron chi connectivity index (χ1n) is 8.25. The van der Waals surface area contributed by atoms with Crippen LogP contribution in [-0.4, -0.2) is 20.2 Å². The Morgan fingerprint density at radius 1 is 1.07 bits per heavy atom. The Kier molecular flexibility index (Phi) is 5.38. The molecule has 1 aliphatic carbocycles. The van der Waals surface area contributed by atoms with Gasteiger partial charge in [0.15, 0.2) is 0 Å². The van der Waals surface area contributed by atoms with Gasteiger partial charge in [0.25, 0.3) is 15.9 Å². The third kappa shape index (κ3) is 4.78. The third-order valence-corrected chi connectivity index (χ3v) is 5.88. The van der Waals surface area contributed by atoms with Crippen LogP contribution in [0.25, 0.3) is 0 Å². The Balaban J connectivity index is 1.69. The zero-order chi connectivity index (χ0) is 19.6. The molecule has 1 fully saturated rings. The number of carbonyl (C=O) groups excluding carboxylic acids is 2. The van der Waals surface area contributed by atoms with Crippen molar-refractivity contribution in [3.63, 3.8) is 0 Å². The van der Waals surface area contributed by atoms with Crippen LogP contribution in [-0.2, 0) is 14.8 Å². The maximum absolute atomic E-state index is 12.5. The van der Waals surface area contributed by atoms with Gasteiger partial charge in [0.2, 0.25) is 5.91 Å². The summed E-state index contributed by atoms with van der Waals surface area (Å²) in [5, 5.41) is 0.485. The minimum absolute atomic E-state index is 0.0766. The summed E-state index contributed by atoms with van der Waals surface area (Å²) < 4.78 is 27.4. The van der Waals surface area contributed by atoms with Crippen molar-refractivity contribution in [3.8, 4) is 0 Å². The predicted molar refractivity (Wildman–Crippen MR) is 102 cm³/mol. The van der Waals surface area contributed by atoms with Gasteiger partial charge in [-0.2, -0.15) is 0 Å². The van der Waals surface area contributed by atoms with Gasteiger partial charge in [-0.25, -0.2) is 8.42 Å². The lowest BCUT2D eigenvalue weighted by Crippen LogP contribution is -2.42. The largest absolute Gasteiger partial charge is 0.280 e. The van der Waals surface area contributed by atoms with Gasteiger partial charge >= 0.3 is 0 Å². The van der Waals surface area contributed by atoms with Crippen LogP contribution >= 0.6 is 11.6 Å². The van der Waals surface area contributed by atoms with Crippen molar-refractivity contribution in [1.82, 2.24) is 10.9 Å². The first-order valence-corrected chi connectivity index (χ1v) is 10.1. The molecule has 7 nitrogen and oxygen atoms in total. The van der Waals surface area contributed by atoms with Crippen LogP contribution in [0.3, 0.4) is 0 Å². The van der Waals surface area contributed by atoms with Crippen molar-refractivity contribution in [2.75, 3.05) is 4.72 Å². The Hall–Kier alpha value is -2.58. The number of hydrogen-bond acceptors (Lipinski definition) is 4. The molecule has 0 saturated heterocycles. The number of hydrogen-bond donors (Lipinski definition) is 3. The molecular weight excluding hydrogens is 390 g/mol. The quantitative estimate of drug-likeness (QED) is 0.662. The van der Waals surface area contributed by atoms with Gasteiger partial charge in [0.1, 0.15) is 0 Å². The van der Waals surface area contributed by atoms with E-state index < -0.39 is 15.9 Å². The normalized spacial score (nSPS) is 18.4. The molecule has 2 aromatic rings. The van der Waals surface area contributed by atoms with Crippen LogP contribution in [0.15, 0.2) is 53.4 Å². The number of nitrogens with one attached hydrogen (secondary N) is 3. The molecule has 2 aromatic carbocycles. The first kappa shape index (κ1) is 19.2. The van der Waals surface area contributed by atoms with E-state index in [1.807, 2.05) is 6.92 Å². The molecule has 0 bridgehead atoms. The summed E-state index contributed by atoms with van der Waals surface area (Å²) in [6.45, 7) is 1.95. The number of sulfonamides is 1. The molecule has 0 unspecified atom stereocenters. The van der Waals surface area contributed by atoms with E-state index in [-0.39, 0.29) is 22.3 Å². The van der Waals surface area contributed by atoms with Gasteiger partial charge < -0.3 is 0 Å². The van der Waals surface area contributed by atoms with Crippen molar-refractivity contribution in [2.24, 2.45) is 11.8 Å². The predicted octanol–water partition coefficient (Wildman–Crippen LogP) is 2.56. The average molecular weight is 408 g/mol. The summed E-state index contributed by atoms with van der Waals surface area (Å²) in [6, 6.07) is 11.7. The van der Waals surface area contributed by atoms with E-state index in [2.05, 4.69) is 15.6 Å². The van der Waals surface area contributed by atoms with E-state index >= 15 is 0 Å². The smallest absolute Gasteiger partial charge is 0.269 e.